The van der Waals surface area contributed by atoms with Gasteiger partial charge in [0, 0.05) is 44.3 Å². The largest absolute Gasteiger partial charge is 0.379 e. The molecule has 4 rings (SSSR count). The number of hydrogen-bond acceptors (Lipinski definition) is 6. The molecule has 2 aliphatic heterocycles. The van der Waals surface area contributed by atoms with Crippen LogP contribution in [0.4, 0.5) is 5.82 Å². The van der Waals surface area contributed by atoms with Gasteiger partial charge in [-0.1, -0.05) is 19.3 Å². The Balaban J connectivity index is 1.41. The van der Waals surface area contributed by atoms with Gasteiger partial charge in [-0.3, -0.25) is 4.79 Å². The number of rotatable bonds is 5. The minimum Gasteiger partial charge on any atom is -0.379 e. The Morgan fingerprint density at radius 1 is 1.03 bits per heavy atom. The Bertz CT molecular complexity index is 827. The first-order valence-corrected chi connectivity index (χ1v) is 12.6. The summed E-state index contributed by atoms with van der Waals surface area (Å²) >= 11 is 0. The van der Waals surface area contributed by atoms with E-state index in [1.165, 1.54) is 23.6 Å². The lowest BCUT2D eigenvalue weighted by atomic mass is 9.92. The predicted octanol–water partition coefficient (Wildman–Crippen LogP) is 1.77. The molecular weight excluding hydrogens is 404 g/mol. The molecule has 3 aliphatic rings. The highest BCUT2D eigenvalue weighted by molar-refractivity contribution is 7.89. The van der Waals surface area contributed by atoms with E-state index in [0.29, 0.717) is 64.1 Å². The average molecular weight is 437 g/mol. The van der Waals surface area contributed by atoms with E-state index in [9.17, 15) is 13.2 Å². The van der Waals surface area contributed by atoms with Crippen molar-refractivity contribution in [2.24, 2.45) is 5.92 Å². The third kappa shape index (κ3) is 4.78. The zero-order valence-electron chi connectivity index (χ0n) is 17.5. The fourth-order valence-electron chi connectivity index (χ4n) is 4.67. The van der Waals surface area contributed by atoms with Gasteiger partial charge in [0.25, 0.3) is 0 Å². The van der Waals surface area contributed by atoms with Crippen LogP contribution in [0.3, 0.4) is 0 Å². The SMILES string of the molecule is O=C(NC1CCCCC1)C1CCN(c2ncccc2S(=O)(=O)N2CCOCC2)CC1. The molecule has 1 N–H and O–H groups in total. The van der Waals surface area contributed by atoms with Crippen molar-refractivity contribution < 1.29 is 17.9 Å². The molecule has 1 aromatic heterocycles. The molecule has 0 aromatic carbocycles. The molecule has 0 unspecified atom stereocenters. The molecule has 1 amide bonds. The number of piperidine rings is 1. The number of aromatic nitrogens is 1. The van der Waals surface area contributed by atoms with E-state index in [1.807, 2.05) is 4.90 Å². The first kappa shape index (κ1) is 21.5. The number of nitrogens with one attached hydrogen (secondary N) is 1. The molecule has 3 fully saturated rings. The summed E-state index contributed by atoms with van der Waals surface area (Å²) in [7, 11) is -3.62. The van der Waals surface area contributed by atoms with Gasteiger partial charge in [-0.15, -0.1) is 0 Å². The van der Waals surface area contributed by atoms with Crippen LogP contribution in [0.5, 0.6) is 0 Å². The van der Waals surface area contributed by atoms with Crippen molar-refractivity contribution in [2.45, 2.75) is 55.9 Å². The van der Waals surface area contributed by atoms with Gasteiger partial charge in [0.15, 0.2) is 0 Å². The smallest absolute Gasteiger partial charge is 0.246 e. The van der Waals surface area contributed by atoms with Crippen LogP contribution in [0.1, 0.15) is 44.9 Å². The lowest BCUT2D eigenvalue weighted by Crippen LogP contribution is -2.45. The summed E-state index contributed by atoms with van der Waals surface area (Å²) in [6, 6.07) is 3.63. The number of amides is 1. The molecule has 9 heteroatoms. The van der Waals surface area contributed by atoms with Gasteiger partial charge >= 0.3 is 0 Å². The number of sulfonamides is 1. The predicted molar refractivity (Wildman–Crippen MR) is 114 cm³/mol. The van der Waals surface area contributed by atoms with Crippen molar-refractivity contribution in [1.29, 1.82) is 0 Å². The van der Waals surface area contributed by atoms with Gasteiger partial charge < -0.3 is 15.0 Å². The Morgan fingerprint density at radius 3 is 2.43 bits per heavy atom. The molecule has 1 aliphatic carbocycles. The number of morpholine rings is 1. The first-order chi connectivity index (χ1) is 14.6. The third-order valence-electron chi connectivity index (χ3n) is 6.46. The van der Waals surface area contributed by atoms with Crippen LogP contribution in [-0.2, 0) is 19.6 Å². The normalized spacial score (nSPS) is 22.7. The number of carbonyl (C=O) groups is 1. The molecular formula is C21H32N4O4S. The highest BCUT2D eigenvalue weighted by atomic mass is 32.2. The monoisotopic (exact) mass is 436 g/mol. The maximum absolute atomic E-state index is 13.2. The van der Waals surface area contributed by atoms with E-state index >= 15 is 0 Å². The molecule has 1 saturated carbocycles. The third-order valence-corrected chi connectivity index (χ3v) is 8.38. The zero-order valence-corrected chi connectivity index (χ0v) is 18.3. The Morgan fingerprint density at radius 2 is 1.73 bits per heavy atom. The number of anilines is 1. The molecule has 0 spiro atoms. The standard InChI is InChI=1S/C21H32N4O4S/c26-21(23-18-5-2-1-3-6-18)17-8-11-24(12-9-17)20-19(7-4-10-22-20)30(27,28)25-13-15-29-16-14-25/h4,7,10,17-18H,1-3,5-6,8-9,11-16H2,(H,23,26). The molecule has 0 atom stereocenters. The highest BCUT2D eigenvalue weighted by Crippen LogP contribution is 2.30. The maximum atomic E-state index is 13.2. The topological polar surface area (TPSA) is 91.8 Å². The van der Waals surface area contributed by atoms with Gasteiger partial charge in [-0.2, -0.15) is 4.31 Å². The van der Waals surface area contributed by atoms with Crippen LogP contribution in [-0.4, -0.2) is 69.0 Å². The molecule has 8 nitrogen and oxygen atoms in total. The van der Waals surface area contributed by atoms with E-state index < -0.39 is 10.0 Å². The van der Waals surface area contributed by atoms with Crippen molar-refractivity contribution in [3.05, 3.63) is 18.3 Å². The van der Waals surface area contributed by atoms with Gasteiger partial charge in [0.05, 0.1) is 13.2 Å². The second kappa shape index (κ2) is 9.62. The Labute approximate surface area is 179 Å². The quantitative estimate of drug-likeness (QED) is 0.756. The van der Waals surface area contributed by atoms with Crippen molar-refractivity contribution >= 4 is 21.7 Å². The first-order valence-electron chi connectivity index (χ1n) is 11.1. The van der Waals surface area contributed by atoms with Crippen LogP contribution >= 0.6 is 0 Å². The maximum Gasteiger partial charge on any atom is 0.246 e. The van der Waals surface area contributed by atoms with Crippen LogP contribution in [0.25, 0.3) is 0 Å². The fraction of sp³-hybridized carbons (Fsp3) is 0.714. The minimum atomic E-state index is -3.62. The summed E-state index contributed by atoms with van der Waals surface area (Å²) in [5.41, 5.74) is 0. The fourth-order valence-corrected chi connectivity index (χ4v) is 6.24. The molecule has 0 bridgehead atoms. The van der Waals surface area contributed by atoms with Crippen molar-refractivity contribution in [3.8, 4) is 0 Å². The second-order valence-electron chi connectivity index (χ2n) is 8.45. The highest BCUT2D eigenvalue weighted by Gasteiger charge is 2.33. The van der Waals surface area contributed by atoms with E-state index in [2.05, 4.69) is 10.3 Å². The number of hydrogen-bond donors (Lipinski definition) is 1. The van der Waals surface area contributed by atoms with Gasteiger partial charge in [0.1, 0.15) is 10.7 Å². The van der Waals surface area contributed by atoms with Gasteiger partial charge in [-0.25, -0.2) is 13.4 Å². The summed E-state index contributed by atoms with van der Waals surface area (Å²) in [6.07, 6.45) is 8.90. The average Bonchev–Trinajstić information content (AvgIpc) is 2.80. The van der Waals surface area contributed by atoms with E-state index in [1.54, 1.807) is 18.3 Å². The Hall–Kier alpha value is -1.71. The zero-order chi connectivity index (χ0) is 21.0. The summed E-state index contributed by atoms with van der Waals surface area (Å²) in [5.74, 6) is 0.644. The summed E-state index contributed by atoms with van der Waals surface area (Å²) in [6.45, 7) is 2.81. The number of pyridine rings is 1. The molecule has 1 aromatic rings. The second-order valence-corrected chi connectivity index (χ2v) is 10.4. The van der Waals surface area contributed by atoms with E-state index in [4.69, 9.17) is 4.74 Å². The molecule has 3 heterocycles. The molecule has 2 saturated heterocycles. The van der Waals surface area contributed by atoms with Crippen LogP contribution in [0, 0.1) is 5.92 Å². The summed E-state index contributed by atoms with van der Waals surface area (Å²) < 4.78 is 33.1. The van der Waals surface area contributed by atoms with Gasteiger partial charge in [-0.05, 0) is 37.8 Å². The number of ether oxygens (including phenoxy) is 1. The van der Waals surface area contributed by atoms with Crippen molar-refractivity contribution in [1.82, 2.24) is 14.6 Å². The summed E-state index contributed by atoms with van der Waals surface area (Å²) in [5, 5.41) is 3.23. The van der Waals surface area contributed by atoms with Gasteiger partial charge in [0.2, 0.25) is 15.9 Å². The molecule has 166 valence electrons. The number of nitrogens with zero attached hydrogens (tertiary/aromatic N) is 3. The van der Waals surface area contributed by atoms with Crippen LogP contribution in [0.15, 0.2) is 23.2 Å². The van der Waals surface area contributed by atoms with E-state index in [0.717, 1.165) is 12.8 Å². The molecule has 0 radical (unpaired) electrons. The van der Waals surface area contributed by atoms with E-state index in [-0.39, 0.29) is 16.7 Å². The minimum absolute atomic E-state index is 0.00816. The van der Waals surface area contributed by atoms with Crippen molar-refractivity contribution in [3.63, 3.8) is 0 Å². The lowest BCUT2D eigenvalue weighted by Gasteiger charge is -2.35. The van der Waals surface area contributed by atoms with Crippen LogP contribution < -0.4 is 10.2 Å². The number of carbonyl (C=O) groups excluding carboxylic acids is 1. The van der Waals surface area contributed by atoms with Crippen LogP contribution in [0.2, 0.25) is 0 Å². The lowest BCUT2D eigenvalue weighted by molar-refractivity contribution is -0.126. The van der Waals surface area contributed by atoms with Crippen molar-refractivity contribution in [2.75, 3.05) is 44.3 Å². The summed E-state index contributed by atoms with van der Waals surface area (Å²) in [4.78, 5) is 19.4. The molecule has 30 heavy (non-hydrogen) atoms. The Kier molecular flexibility index (Phi) is 6.90.